The summed E-state index contributed by atoms with van der Waals surface area (Å²) in [5.41, 5.74) is 1.26. The SMILES string of the molecule is N#CCC(=O)N[C@H]1CC[C@H](CCN2CCN(c3ccc(Cl)cc3)CC2)CC1. The fourth-order valence-corrected chi connectivity index (χ4v) is 4.32. The van der Waals surface area contributed by atoms with Gasteiger partial charge in [-0.3, -0.25) is 9.69 Å². The zero-order valence-corrected chi connectivity index (χ0v) is 16.6. The molecule has 0 aromatic heterocycles. The molecule has 6 heteroatoms. The van der Waals surface area contributed by atoms with Gasteiger partial charge in [0.15, 0.2) is 0 Å². The Balaban J connectivity index is 1.32. The summed E-state index contributed by atoms with van der Waals surface area (Å²) in [5.74, 6) is 0.642. The van der Waals surface area contributed by atoms with E-state index in [1.54, 1.807) is 0 Å². The van der Waals surface area contributed by atoms with E-state index in [4.69, 9.17) is 16.9 Å². The van der Waals surface area contributed by atoms with E-state index in [9.17, 15) is 4.79 Å². The van der Waals surface area contributed by atoms with Crippen molar-refractivity contribution in [2.45, 2.75) is 44.6 Å². The van der Waals surface area contributed by atoms with E-state index in [0.29, 0.717) is 0 Å². The summed E-state index contributed by atoms with van der Waals surface area (Å²) in [6, 6.07) is 10.3. The van der Waals surface area contributed by atoms with E-state index in [0.717, 1.165) is 50.0 Å². The number of piperazine rings is 1. The number of hydrogen-bond acceptors (Lipinski definition) is 4. The Morgan fingerprint density at radius 3 is 2.41 bits per heavy atom. The maximum atomic E-state index is 11.5. The second kappa shape index (κ2) is 9.96. The number of nitrogens with one attached hydrogen (secondary N) is 1. The highest BCUT2D eigenvalue weighted by Gasteiger charge is 2.24. The third-order valence-corrected chi connectivity index (χ3v) is 6.12. The number of amides is 1. The number of halogens is 1. The lowest BCUT2D eigenvalue weighted by Gasteiger charge is -2.37. The molecule has 1 saturated carbocycles. The molecule has 0 atom stereocenters. The minimum absolute atomic E-state index is 0.0259. The highest BCUT2D eigenvalue weighted by atomic mass is 35.5. The molecule has 0 spiro atoms. The molecule has 1 aromatic rings. The van der Waals surface area contributed by atoms with Crippen LogP contribution in [0.15, 0.2) is 24.3 Å². The van der Waals surface area contributed by atoms with Gasteiger partial charge in [-0.25, -0.2) is 0 Å². The van der Waals surface area contributed by atoms with Crippen LogP contribution < -0.4 is 10.2 Å². The van der Waals surface area contributed by atoms with Crippen molar-refractivity contribution < 1.29 is 4.79 Å². The molecule has 1 amide bonds. The predicted octanol–water partition coefficient (Wildman–Crippen LogP) is 3.44. The fourth-order valence-electron chi connectivity index (χ4n) is 4.19. The number of rotatable bonds is 6. The largest absolute Gasteiger partial charge is 0.369 e. The molecule has 1 aliphatic heterocycles. The zero-order chi connectivity index (χ0) is 19.1. The molecule has 2 aliphatic rings. The van der Waals surface area contributed by atoms with E-state index in [2.05, 4.69) is 27.2 Å². The molecule has 3 rings (SSSR count). The van der Waals surface area contributed by atoms with E-state index in [-0.39, 0.29) is 18.4 Å². The summed E-state index contributed by atoms with van der Waals surface area (Å²) in [6.07, 6.45) is 5.69. The average molecular weight is 389 g/mol. The van der Waals surface area contributed by atoms with Crippen LogP contribution in [0.3, 0.4) is 0 Å². The van der Waals surface area contributed by atoms with Gasteiger partial charge in [-0.05, 0) is 68.8 Å². The minimum Gasteiger partial charge on any atom is -0.369 e. The molecular weight excluding hydrogens is 360 g/mol. The number of nitriles is 1. The minimum atomic E-state index is -0.125. The summed E-state index contributed by atoms with van der Waals surface area (Å²) in [7, 11) is 0. The van der Waals surface area contributed by atoms with Crippen LogP contribution in [0.4, 0.5) is 5.69 Å². The van der Waals surface area contributed by atoms with Crippen molar-refractivity contribution in [3.05, 3.63) is 29.3 Å². The Bertz CT molecular complexity index is 641. The van der Waals surface area contributed by atoms with Gasteiger partial charge in [0.1, 0.15) is 6.42 Å². The van der Waals surface area contributed by atoms with Crippen LogP contribution in [0.1, 0.15) is 38.5 Å². The second-order valence-corrected chi connectivity index (χ2v) is 8.15. The van der Waals surface area contributed by atoms with Crippen molar-refractivity contribution in [2.24, 2.45) is 5.92 Å². The Hall–Kier alpha value is -1.77. The first-order chi connectivity index (χ1) is 13.1. The lowest BCUT2D eigenvalue weighted by Crippen LogP contribution is -2.47. The summed E-state index contributed by atoms with van der Waals surface area (Å²) in [5, 5.41) is 12.3. The van der Waals surface area contributed by atoms with E-state index >= 15 is 0 Å². The fraction of sp³-hybridized carbons (Fsp3) is 0.619. The van der Waals surface area contributed by atoms with Gasteiger partial charge in [-0.2, -0.15) is 5.26 Å². The molecule has 146 valence electrons. The normalized spacial score (nSPS) is 23.6. The first-order valence-corrected chi connectivity index (χ1v) is 10.4. The lowest BCUT2D eigenvalue weighted by atomic mass is 9.84. The number of carbonyl (C=O) groups excluding carboxylic acids is 1. The number of hydrogen-bond donors (Lipinski definition) is 1. The third-order valence-electron chi connectivity index (χ3n) is 5.87. The monoisotopic (exact) mass is 388 g/mol. The molecule has 27 heavy (non-hydrogen) atoms. The van der Waals surface area contributed by atoms with Gasteiger partial charge in [0.2, 0.25) is 5.91 Å². The van der Waals surface area contributed by atoms with Crippen molar-refractivity contribution in [1.29, 1.82) is 5.26 Å². The Morgan fingerprint density at radius 2 is 1.78 bits per heavy atom. The van der Waals surface area contributed by atoms with Crippen molar-refractivity contribution in [3.8, 4) is 6.07 Å². The van der Waals surface area contributed by atoms with Crippen molar-refractivity contribution in [2.75, 3.05) is 37.6 Å². The Kier molecular flexibility index (Phi) is 7.37. The molecule has 0 bridgehead atoms. The van der Waals surface area contributed by atoms with Crippen LogP contribution in [0, 0.1) is 17.2 Å². The van der Waals surface area contributed by atoms with Crippen LogP contribution in [0.2, 0.25) is 5.02 Å². The van der Waals surface area contributed by atoms with Crippen LogP contribution in [0.25, 0.3) is 0 Å². The molecular formula is C21H29ClN4O. The van der Waals surface area contributed by atoms with Crippen LogP contribution in [0.5, 0.6) is 0 Å². The summed E-state index contributed by atoms with van der Waals surface area (Å²) in [6.45, 7) is 5.54. The summed E-state index contributed by atoms with van der Waals surface area (Å²) in [4.78, 5) is 16.5. The molecule has 2 fully saturated rings. The molecule has 1 aromatic carbocycles. The zero-order valence-electron chi connectivity index (χ0n) is 15.9. The molecule has 1 saturated heterocycles. The lowest BCUT2D eigenvalue weighted by molar-refractivity contribution is -0.121. The van der Waals surface area contributed by atoms with Crippen LogP contribution >= 0.6 is 11.6 Å². The molecule has 5 nitrogen and oxygen atoms in total. The van der Waals surface area contributed by atoms with Crippen molar-refractivity contribution in [3.63, 3.8) is 0 Å². The van der Waals surface area contributed by atoms with Crippen LogP contribution in [-0.2, 0) is 4.79 Å². The van der Waals surface area contributed by atoms with Gasteiger partial charge < -0.3 is 10.2 Å². The maximum Gasteiger partial charge on any atom is 0.234 e. The standard InChI is InChI=1S/C21H29ClN4O/c22-18-3-7-20(8-4-18)26-15-13-25(14-16-26)12-10-17-1-5-19(6-2-17)24-21(27)9-11-23/h3-4,7-8,17,19H,1-2,5-6,9-10,12-16H2,(H,24,27)/t17-,19-. The highest BCUT2D eigenvalue weighted by Crippen LogP contribution is 2.27. The number of carbonyl (C=O) groups is 1. The molecule has 1 N–H and O–H groups in total. The van der Waals surface area contributed by atoms with Gasteiger partial charge >= 0.3 is 0 Å². The number of benzene rings is 1. The second-order valence-electron chi connectivity index (χ2n) is 7.71. The average Bonchev–Trinajstić information content (AvgIpc) is 2.69. The number of anilines is 1. The molecule has 0 unspecified atom stereocenters. The Morgan fingerprint density at radius 1 is 1.11 bits per heavy atom. The quantitative estimate of drug-likeness (QED) is 0.810. The maximum absolute atomic E-state index is 11.5. The van der Waals surface area contributed by atoms with Gasteiger partial charge in [-0.1, -0.05) is 11.6 Å². The van der Waals surface area contributed by atoms with Crippen LogP contribution in [-0.4, -0.2) is 49.6 Å². The summed E-state index contributed by atoms with van der Waals surface area (Å²) >= 11 is 5.98. The van der Waals surface area contributed by atoms with E-state index in [1.165, 1.54) is 31.5 Å². The summed E-state index contributed by atoms with van der Waals surface area (Å²) < 4.78 is 0. The van der Waals surface area contributed by atoms with Gasteiger partial charge in [0.25, 0.3) is 0 Å². The number of nitrogens with zero attached hydrogens (tertiary/aromatic N) is 3. The van der Waals surface area contributed by atoms with Gasteiger partial charge in [0, 0.05) is 42.9 Å². The molecule has 1 heterocycles. The van der Waals surface area contributed by atoms with Crippen molar-refractivity contribution >= 4 is 23.2 Å². The van der Waals surface area contributed by atoms with Gasteiger partial charge in [0.05, 0.1) is 6.07 Å². The smallest absolute Gasteiger partial charge is 0.234 e. The Labute approximate surface area is 167 Å². The predicted molar refractivity (Wildman–Crippen MR) is 109 cm³/mol. The first-order valence-electron chi connectivity index (χ1n) is 10.0. The topological polar surface area (TPSA) is 59.4 Å². The molecule has 0 radical (unpaired) electrons. The first kappa shape index (κ1) is 20.0. The van der Waals surface area contributed by atoms with E-state index in [1.807, 2.05) is 18.2 Å². The van der Waals surface area contributed by atoms with Gasteiger partial charge in [-0.15, -0.1) is 0 Å². The molecule has 1 aliphatic carbocycles. The van der Waals surface area contributed by atoms with E-state index < -0.39 is 0 Å². The van der Waals surface area contributed by atoms with Crippen molar-refractivity contribution in [1.82, 2.24) is 10.2 Å². The highest BCUT2D eigenvalue weighted by molar-refractivity contribution is 6.30. The third kappa shape index (κ3) is 6.12.